The van der Waals surface area contributed by atoms with Crippen molar-refractivity contribution in [3.05, 3.63) is 47.5 Å². The Balaban J connectivity index is 1.59. The van der Waals surface area contributed by atoms with Gasteiger partial charge in [0.05, 0.1) is 5.75 Å². The van der Waals surface area contributed by atoms with E-state index in [1.165, 1.54) is 18.7 Å². The van der Waals surface area contributed by atoms with E-state index < -0.39 is 0 Å². The zero-order valence-electron chi connectivity index (χ0n) is 13.2. The van der Waals surface area contributed by atoms with Crippen molar-refractivity contribution in [3.63, 3.8) is 0 Å². The third-order valence-corrected chi connectivity index (χ3v) is 4.19. The predicted octanol–water partition coefficient (Wildman–Crippen LogP) is 4.17. The van der Waals surface area contributed by atoms with Crippen molar-refractivity contribution in [1.29, 1.82) is 0 Å². The van der Waals surface area contributed by atoms with Crippen LogP contribution in [-0.2, 0) is 9.59 Å². The van der Waals surface area contributed by atoms with Gasteiger partial charge in [-0.2, -0.15) is 0 Å². The Morgan fingerprint density at radius 1 is 1.16 bits per heavy atom. The minimum absolute atomic E-state index is 0.144. The summed E-state index contributed by atoms with van der Waals surface area (Å²) in [5.41, 5.74) is 2.49. The van der Waals surface area contributed by atoms with Crippen LogP contribution in [0.4, 0.5) is 11.4 Å². The standard InChI is InChI=1S/C17H14ClN3O3S/c1-10(22)19-12-3-2-4-13(8-12)20-16(23)9-25-17-21-14-7-11(18)5-6-15(14)24-17/h2-8H,9H2,1H3,(H,19,22)(H,20,23). The lowest BCUT2D eigenvalue weighted by atomic mass is 10.2. The maximum absolute atomic E-state index is 12.1. The number of hydrogen-bond acceptors (Lipinski definition) is 5. The lowest BCUT2D eigenvalue weighted by Crippen LogP contribution is -2.14. The summed E-state index contributed by atoms with van der Waals surface area (Å²) >= 11 is 7.10. The maximum Gasteiger partial charge on any atom is 0.257 e. The minimum atomic E-state index is -0.203. The van der Waals surface area contributed by atoms with Gasteiger partial charge in [0, 0.05) is 23.3 Å². The van der Waals surface area contributed by atoms with Gasteiger partial charge in [0.25, 0.3) is 5.22 Å². The van der Waals surface area contributed by atoms with Gasteiger partial charge in [-0.05, 0) is 36.4 Å². The van der Waals surface area contributed by atoms with E-state index in [0.29, 0.717) is 32.7 Å². The monoisotopic (exact) mass is 375 g/mol. The van der Waals surface area contributed by atoms with E-state index >= 15 is 0 Å². The van der Waals surface area contributed by atoms with Crippen molar-refractivity contribution < 1.29 is 14.0 Å². The van der Waals surface area contributed by atoms with Crippen molar-refractivity contribution in [2.24, 2.45) is 0 Å². The summed E-state index contributed by atoms with van der Waals surface area (Å²) in [6, 6.07) is 12.1. The normalized spacial score (nSPS) is 10.6. The van der Waals surface area contributed by atoms with Crippen molar-refractivity contribution in [1.82, 2.24) is 4.98 Å². The van der Waals surface area contributed by atoms with Crippen LogP contribution in [0.5, 0.6) is 0 Å². The molecular weight excluding hydrogens is 362 g/mol. The molecule has 3 rings (SSSR count). The van der Waals surface area contributed by atoms with E-state index in [4.69, 9.17) is 16.0 Å². The molecule has 128 valence electrons. The fourth-order valence-electron chi connectivity index (χ4n) is 2.14. The molecule has 0 radical (unpaired) electrons. The van der Waals surface area contributed by atoms with Crippen LogP contribution in [0, 0.1) is 0 Å². The number of rotatable bonds is 5. The van der Waals surface area contributed by atoms with Crippen LogP contribution >= 0.6 is 23.4 Å². The first-order valence-electron chi connectivity index (χ1n) is 7.36. The number of fused-ring (bicyclic) bond motifs is 1. The van der Waals surface area contributed by atoms with E-state index in [-0.39, 0.29) is 17.6 Å². The van der Waals surface area contributed by atoms with E-state index in [0.717, 1.165) is 0 Å². The molecule has 0 aliphatic carbocycles. The quantitative estimate of drug-likeness (QED) is 0.654. The number of carbonyl (C=O) groups is 2. The number of aromatic nitrogens is 1. The van der Waals surface area contributed by atoms with Crippen LogP contribution in [-0.4, -0.2) is 22.6 Å². The minimum Gasteiger partial charge on any atom is -0.431 e. The Bertz CT molecular complexity index is 942. The predicted molar refractivity (Wildman–Crippen MR) is 99.1 cm³/mol. The van der Waals surface area contributed by atoms with E-state index in [1.54, 1.807) is 42.5 Å². The first kappa shape index (κ1) is 17.3. The third-order valence-electron chi connectivity index (χ3n) is 3.12. The van der Waals surface area contributed by atoms with Gasteiger partial charge in [0.2, 0.25) is 11.8 Å². The molecule has 0 unspecified atom stereocenters. The summed E-state index contributed by atoms with van der Waals surface area (Å²) in [5, 5.41) is 6.41. The second-order valence-corrected chi connectivity index (χ2v) is 6.55. The number of nitrogens with zero attached hydrogens (tertiary/aromatic N) is 1. The zero-order valence-corrected chi connectivity index (χ0v) is 14.8. The number of hydrogen-bond donors (Lipinski definition) is 2. The molecule has 0 bridgehead atoms. The summed E-state index contributed by atoms with van der Waals surface area (Å²) in [5.74, 6) is -0.231. The first-order valence-corrected chi connectivity index (χ1v) is 8.72. The molecular formula is C17H14ClN3O3S. The highest BCUT2D eigenvalue weighted by Crippen LogP contribution is 2.25. The molecule has 25 heavy (non-hydrogen) atoms. The van der Waals surface area contributed by atoms with Gasteiger partial charge in [-0.1, -0.05) is 29.4 Å². The van der Waals surface area contributed by atoms with Crippen LogP contribution in [0.25, 0.3) is 11.1 Å². The fourth-order valence-corrected chi connectivity index (χ4v) is 2.95. The van der Waals surface area contributed by atoms with Gasteiger partial charge in [0.1, 0.15) is 5.52 Å². The van der Waals surface area contributed by atoms with Crippen LogP contribution < -0.4 is 10.6 Å². The highest BCUT2D eigenvalue weighted by atomic mass is 35.5. The molecule has 1 aromatic heterocycles. The topological polar surface area (TPSA) is 84.2 Å². The molecule has 0 aliphatic heterocycles. The molecule has 3 aromatic rings. The van der Waals surface area contributed by atoms with E-state index in [2.05, 4.69) is 15.6 Å². The Morgan fingerprint density at radius 3 is 2.68 bits per heavy atom. The van der Waals surface area contributed by atoms with Gasteiger partial charge in [0.15, 0.2) is 5.58 Å². The molecule has 6 nitrogen and oxygen atoms in total. The van der Waals surface area contributed by atoms with E-state index in [1.807, 2.05) is 0 Å². The second-order valence-electron chi connectivity index (χ2n) is 5.19. The largest absolute Gasteiger partial charge is 0.431 e. The van der Waals surface area contributed by atoms with Crippen molar-refractivity contribution >= 4 is 57.7 Å². The number of oxazole rings is 1. The first-order chi connectivity index (χ1) is 12.0. The summed E-state index contributed by atoms with van der Waals surface area (Å²) in [6.45, 7) is 1.43. The molecule has 8 heteroatoms. The van der Waals surface area contributed by atoms with E-state index in [9.17, 15) is 9.59 Å². The Kier molecular flexibility index (Phi) is 5.25. The number of amides is 2. The average molecular weight is 376 g/mol. The van der Waals surface area contributed by atoms with Crippen molar-refractivity contribution in [2.75, 3.05) is 16.4 Å². The number of carbonyl (C=O) groups excluding carboxylic acids is 2. The van der Waals surface area contributed by atoms with Crippen molar-refractivity contribution in [3.8, 4) is 0 Å². The number of anilines is 2. The smallest absolute Gasteiger partial charge is 0.257 e. The molecule has 0 fully saturated rings. The molecule has 2 aromatic carbocycles. The lowest BCUT2D eigenvalue weighted by Gasteiger charge is -2.07. The van der Waals surface area contributed by atoms with Gasteiger partial charge >= 0.3 is 0 Å². The Morgan fingerprint density at radius 2 is 1.92 bits per heavy atom. The molecule has 0 aliphatic rings. The SMILES string of the molecule is CC(=O)Nc1cccc(NC(=O)CSc2nc3cc(Cl)ccc3o2)c1. The molecule has 0 spiro atoms. The molecule has 0 atom stereocenters. The summed E-state index contributed by atoms with van der Waals surface area (Å²) < 4.78 is 5.55. The molecule has 1 heterocycles. The van der Waals surface area contributed by atoms with Gasteiger partial charge < -0.3 is 15.1 Å². The Labute approximate surface area is 152 Å². The highest BCUT2D eigenvalue weighted by Gasteiger charge is 2.10. The van der Waals surface area contributed by atoms with Gasteiger partial charge in [-0.3, -0.25) is 9.59 Å². The van der Waals surface area contributed by atoms with Crippen molar-refractivity contribution in [2.45, 2.75) is 12.1 Å². The second kappa shape index (κ2) is 7.58. The maximum atomic E-state index is 12.1. The summed E-state index contributed by atoms with van der Waals surface area (Å²) in [6.07, 6.45) is 0. The van der Waals surface area contributed by atoms with Gasteiger partial charge in [-0.25, -0.2) is 4.98 Å². The van der Waals surface area contributed by atoms with Crippen LogP contribution in [0.15, 0.2) is 52.1 Å². The number of halogens is 1. The average Bonchev–Trinajstić information content (AvgIpc) is 2.94. The molecule has 2 amide bonds. The molecule has 2 N–H and O–H groups in total. The fraction of sp³-hybridized carbons (Fsp3) is 0.118. The van der Waals surface area contributed by atoms with Crippen LogP contribution in [0.1, 0.15) is 6.92 Å². The van der Waals surface area contributed by atoms with Crippen LogP contribution in [0.3, 0.4) is 0 Å². The summed E-state index contributed by atoms with van der Waals surface area (Å²) in [4.78, 5) is 27.4. The Hall–Kier alpha value is -2.51. The lowest BCUT2D eigenvalue weighted by molar-refractivity contribution is -0.114. The summed E-state index contributed by atoms with van der Waals surface area (Å²) in [7, 11) is 0. The van der Waals surface area contributed by atoms with Crippen LogP contribution in [0.2, 0.25) is 5.02 Å². The molecule has 0 saturated carbocycles. The number of thioether (sulfide) groups is 1. The zero-order chi connectivity index (χ0) is 17.8. The highest BCUT2D eigenvalue weighted by molar-refractivity contribution is 7.99. The number of nitrogens with one attached hydrogen (secondary N) is 2. The number of benzene rings is 2. The molecule has 0 saturated heterocycles. The van der Waals surface area contributed by atoms with Gasteiger partial charge in [-0.15, -0.1) is 0 Å². The third kappa shape index (κ3) is 4.74.